The fourth-order valence-corrected chi connectivity index (χ4v) is 4.05. The Bertz CT molecular complexity index is 862. The van der Waals surface area contributed by atoms with Crippen molar-refractivity contribution in [1.29, 1.82) is 0 Å². The van der Waals surface area contributed by atoms with E-state index in [9.17, 15) is 0 Å². The highest BCUT2D eigenvalue weighted by atomic mass is 32.1. The quantitative estimate of drug-likeness (QED) is 0.631. The predicted molar refractivity (Wildman–Crippen MR) is 110 cm³/mol. The molecule has 3 aromatic rings. The van der Waals surface area contributed by atoms with Crippen molar-refractivity contribution >= 4 is 11.3 Å². The molecule has 0 fully saturated rings. The van der Waals surface area contributed by atoms with Crippen LogP contribution < -0.4 is 14.8 Å². The maximum absolute atomic E-state index is 5.41. The summed E-state index contributed by atoms with van der Waals surface area (Å²) in [4.78, 5) is 4.83. The SMILES string of the molecule is COc1ccc(-c2nc(C[NH2+][C@@H](c3ccccc3)C(C)C)cs2)cc1OC. The molecule has 3 rings (SSSR count). The molecule has 0 aliphatic heterocycles. The van der Waals surface area contributed by atoms with E-state index >= 15 is 0 Å². The predicted octanol–water partition coefficient (Wildman–Crippen LogP) is 4.29. The summed E-state index contributed by atoms with van der Waals surface area (Å²) in [5, 5.41) is 5.53. The molecule has 2 N–H and O–H groups in total. The number of nitrogens with two attached hydrogens (primary N) is 1. The fourth-order valence-electron chi connectivity index (χ4n) is 3.22. The van der Waals surface area contributed by atoms with Crippen LogP contribution in [0.25, 0.3) is 10.6 Å². The third kappa shape index (κ3) is 4.67. The van der Waals surface area contributed by atoms with Crippen molar-refractivity contribution in [1.82, 2.24) is 4.98 Å². The first-order valence-electron chi connectivity index (χ1n) is 9.17. The number of benzene rings is 2. The van der Waals surface area contributed by atoms with Crippen molar-refractivity contribution in [2.75, 3.05) is 14.2 Å². The first-order valence-corrected chi connectivity index (χ1v) is 10.1. The normalized spacial score (nSPS) is 12.2. The zero-order valence-corrected chi connectivity index (χ0v) is 17.1. The molecular formula is C22H27N2O2S+. The molecule has 0 amide bonds. The molecule has 0 saturated carbocycles. The molecule has 2 aromatic carbocycles. The van der Waals surface area contributed by atoms with Crippen LogP contribution in [0.3, 0.4) is 0 Å². The summed E-state index contributed by atoms with van der Waals surface area (Å²) in [7, 11) is 3.30. The molecule has 1 aromatic heterocycles. The zero-order chi connectivity index (χ0) is 19.2. The standard InChI is InChI=1S/C22H26N2O2S/c1-15(2)21(16-8-6-5-7-9-16)23-13-18-14-27-22(24-18)17-10-11-19(25-3)20(12-17)26-4/h5-12,14-15,21,23H,13H2,1-4H3/p+1/t21-/m1/s1. The van der Waals surface area contributed by atoms with Crippen molar-refractivity contribution in [3.8, 4) is 22.1 Å². The Morgan fingerprint density at radius 2 is 1.74 bits per heavy atom. The minimum absolute atomic E-state index is 0.428. The van der Waals surface area contributed by atoms with Gasteiger partial charge >= 0.3 is 0 Å². The van der Waals surface area contributed by atoms with Gasteiger partial charge in [0.1, 0.15) is 23.3 Å². The van der Waals surface area contributed by atoms with Crippen molar-refractivity contribution in [2.24, 2.45) is 5.92 Å². The van der Waals surface area contributed by atoms with E-state index in [1.807, 2.05) is 18.2 Å². The number of hydrogen-bond acceptors (Lipinski definition) is 4. The number of methoxy groups -OCH3 is 2. The van der Waals surface area contributed by atoms with Crippen LogP contribution in [0.5, 0.6) is 11.5 Å². The Morgan fingerprint density at radius 1 is 1.00 bits per heavy atom. The van der Waals surface area contributed by atoms with Gasteiger partial charge < -0.3 is 14.8 Å². The van der Waals surface area contributed by atoms with E-state index < -0.39 is 0 Å². The van der Waals surface area contributed by atoms with E-state index in [-0.39, 0.29) is 0 Å². The largest absolute Gasteiger partial charge is 0.493 e. The molecular weight excluding hydrogens is 356 g/mol. The molecule has 0 saturated heterocycles. The molecule has 0 unspecified atom stereocenters. The number of quaternary nitrogens is 1. The third-order valence-corrected chi connectivity index (χ3v) is 5.61. The lowest BCUT2D eigenvalue weighted by atomic mass is 9.96. The Balaban J connectivity index is 1.72. The lowest BCUT2D eigenvalue weighted by Gasteiger charge is -2.19. The molecule has 4 nitrogen and oxygen atoms in total. The second kappa shape index (κ2) is 9.02. The summed E-state index contributed by atoms with van der Waals surface area (Å²) in [5.41, 5.74) is 3.52. The van der Waals surface area contributed by atoms with Gasteiger partial charge in [0, 0.05) is 22.4 Å². The number of aromatic nitrogens is 1. The highest BCUT2D eigenvalue weighted by Gasteiger charge is 2.19. The van der Waals surface area contributed by atoms with E-state index in [4.69, 9.17) is 14.5 Å². The molecule has 1 heterocycles. The summed E-state index contributed by atoms with van der Waals surface area (Å²) in [6.45, 7) is 5.40. The van der Waals surface area contributed by atoms with Gasteiger partial charge in [-0.1, -0.05) is 44.2 Å². The highest BCUT2D eigenvalue weighted by molar-refractivity contribution is 7.13. The van der Waals surface area contributed by atoms with E-state index in [0.29, 0.717) is 12.0 Å². The maximum Gasteiger partial charge on any atom is 0.161 e. The number of thiazole rings is 1. The molecule has 0 aliphatic rings. The second-order valence-electron chi connectivity index (χ2n) is 6.83. The Morgan fingerprint density at radius 3 is 2.41 bits per heavy atom. The summed E-state index contributed by atoms with van der Waals surface area (Å²) >= 11 is 1.66. The number of nitrogens with zero attached hydrogens (tertiary/aromatic N) is 1. The van der Waals surface area contributed by atoms with Crippen LogP contribution in [-0.4, -0.2) is 19.2 Å². The minimum Gasteiger partial charge on any atom is -0.493 e. The van der Waals surface area contributed by atoms with Gasteiger partial charge in [0.25, 0.3) is 0 Å². The van der Waals surface area contributed by atoms with Crippen LogP contribution >= 0.6 is 11.3 Å². The van der Waals surface area contributed by atoms with E-state index in [2.05, 4.69) is 54.9 Å². The lowest BCUT2D eigenvalue weighted by molar-refractivity contribution is -0.717. The van der Waals surface area contributed by atoms with Crippen molar-refractivity contribution in [2.45, 2.75) is 26.4 Å². The average molecular weight is 384 g/mol. The van der Waals surface area contributed by atoms with Gasteiger partial charge in [-0.25, -0.2) is 4.98 Å². The fraction of sp³-hybridized carbons (Fsp3) is 0.318. The topological polar surface area (TPSA) is 48.0 Å². The van der Waals surface area contributed by atoms with Gasteiger partial charge in [0.2, 0.25) is 0 Å². The van der Waals surface area contributed by atoms with Crippen LogP contribution in [0.15, 0.2) is 53.9 Å². The second-order valence-corrected chi connectivity index (χ2v) is 7.69. The van der Waals surface area contributed by atoms with Gasteiger partial charge in [-0.2, -0.15) is 0 Å². The molecule has 0 aliphatic carbocycles. The minimum atomic E-state index is 0.428. The van der Waals surface area contributed by atoms with Crippen LogP contribution in [0.4, 0.5) is 0 Å². The molecule has 0 radical (unpaired) electrons. The van der Waals surface area contributed by atoms with Gasteiger partial charge in [-0.05, 0) is 18.2 Å². The smallest absolute Gasteiger partial charge is 0.161 e. The first-order chi connectivity index (χ1) is 13.1. The average Bonchev–Trinajstić information content (AvgIpc) is 3.17. The van der Waals surface area contributed by atoms with Crippen LogP contribution in [0, 0.1) is 5.92 Å². The van der Waals surface area contributed by atoms with Gasteiger partial charge in [-0.15, -0.1) is 11.3 Å². The Labute approximate surface area is 165 Å². The van der Waals surface area contributed by atoms with Gasteiger partial charge in [0.15, 0.2) is 11.5 Å². The maximum atomic E-state index is 5.41. The summed E-state index contributed by atoms with van der Waals surface area (Å²) in [5.74, 6) is 2.01. The van der Waals surface area contributed by atoms with Crippen molar-refractivity contribution in [3.05, 3.63) is 65.2 Å². The summed E-state index contributed by atoms with van der Waals surface area (Å²) < 4.78 is 10.7. The zero-order valence-electron chi connectivity index (χ0n) is 16.3. The van der Waals surface area contributed by atoms with E-state index in [1.54, 1.807) is 25.6 Å². The van der Waals surface area contributed by atoms with Gasteiger partial charge in [-0.3, -0.25) is 0 Å². The molecule has 0 spiro atoms. The van der Waals surface area contributed by atoms with Crippen LogP contribution in [-0.2, 0) is 6.54 Å². The monoisotopic (exact) mass is 383 g/mol. The number of ether oxygens (including phenoxy) is 2. The van der Waals surface area contributed by atoms with E-state index in [0.717, 1.165) is 34.3 Å². The number of hydrogen-bond donors (Lipinski definition) is 1. The molecule has 1 atom stereocenters. The first kappa shape index (κ1) is 19.4. The van der Waals surface area contributed by atoms with Crippen molar-refractivity contribution < 1.29 is 14.8 Å². The molecule has 5 heteroatoms. The van der Waals surface area contributed by atoms with Crippen molar-refractivity contribution in [3.63, 3.8) is 0 Å². The molecule has 0 bridgehead atoms. The number of rotatable bonds is 8. The Hall–Kier alpha value is -2.37. The lowest BCUT2D eigenvalue weighted by Crippen LogP contribution is -2.84. The highest BCUT2D eigenvalue weighted by Crippen LogP contribution is 2.33. The third-order valence-electron chi connectivity index (χ3n) is 4.67. The van der Waals surface area contributed by atoms with Gasteiger partial charge in [0.05, 0.1) is 14.2 Å². The molecule has 27 heavy (non-hydrogen) atoms. The Kier molecular flexibility index (Phi) is 6.48. The summed E-state index contributed by atoms with van der Waals surface area (Å²) in [6, 6.07) is 17.0. The summed E-state index contributed by atoms with van der Waals surface area (Å²) in [6.07, 6.45) is 0. The van der Waals surface area contributed by atoms with Crippen LogP contribution in [0.2, 0.25) is 0 Å². The van der Waals surface area contributed by atoms with E-state index in [1.165, 1.54) is 5.56 Å². The molecule has 142 valence electrons. The van der Waals surface area contributed by atoms with Crippen LogP contribution in [0.1, 0.15) is 31.1 Å².